The summed E-state index contributed by atoms with van der Waals surface area (Å²) in [4.78, 5) is 47.6. The van der Waals surface area contributed by atoms with Crippen LogP contribution in [-0.4, -0.2) is 44.9 Å². The lowest BCUT2D eigenvalue weighted by Crippen LogP contribution is -2.59. The van der Waals surface area contributed by atoms with E-state index in [4.69, 9.17) is 16.3 Å². The molecule has 1 aliphatic heterocycles. The molecule has 1 aliphatic carbocycles. The molecule has 10 heteroatoms. The van der Waals surface area contributed by atoms with E-state index in [1.807, 2.05) is 0 Å². The average molecular weight is 439 g/mol. The van der Waals surface area contributed by atoms with Crippen molar-refractivity contribution in [3.05, 3.63) is 39.9 Å². The van der Waals surface area contributed by atoms with Crippen LogP contribution in [0.1, 0.15) is 39.2 Å². The predicted molar refractivity (Wildman–Crippen MR) is 106 cm³/mol. The molecule has 1 aromatic rings. The van der Waals surface area contributed by atoms with Gasteiger partial charge in [0.25, 0.3) is 11.6 Å². The van der Waals surface area contributed by atoms with E-state index >= 15 is 0 Å². The van der Waals surface area contributed by atoms with Crippen LogP contribution in [0.4, 0.5) is 5.69 Å². The van der Waals surface area contributed by atoms with E-state index in [1.54, 1.807) is 20.8 Å². The molecule has 2 fully saturated rings. The van der Waals surface area contributed by atoms with Crippen molar-refractivity contribution in [2.45, 2.75) is 57.8 Å². The van der Waals surface area contributed by atoms with Crippen LogP contribution in [-0.2, 0) is 25.5 Å². The normalized spacial score (nSPS) is 28.5. The third kappa shape index (κ3) is 3.16. The zero-order valence-corrected chi connectivity index (χ0v) is 17.6. The minimum absolute atomic E-state index is 0.0741. The second-order valence-electron chi connectivity index (χ2n) is 8.62. The Morgan fingerprint density at radius 3 is 2.30 bits per heavy atom. The minimum Gasteiger partial charge on any atom is -0.448 e. The molecule has 1 saturated heterocycles. The van der Waals surface area contributed by atoms with Crippen LogP contribution in [0.15, 0.2) is 24.3 Å². The molecule has 162 valence electrons. The standard InChI is InChI=1S/C20H23ClN2O7/c1-18(2)19(3)8-9-20(18,30-17(19)27)16(26)22-14(15(21)25)13(24)10-11-4-6-12(7-5-11)23(28)29/h4-7,13-14,24H,8-10H2,1-3H3,(H,22,26)/t13-,14+,19+,20-/m1/s1. The highest BCUT2D eigenvalue weighted by Gasteiger charge is 2.75. The summed E-state index contributed by atoms with van der Waals surface area (Å²) in [6.45, 7) is 5.30. The molecule has 2 bridgehead atoms. The fourth-order valence-corrected chi connectivity index (χ4v) is 4.62. The van der Waals surface area contributed by atoms with E-state index in [1.165, 1.54) is 24.3 Å². The van der Waals surface area contributed by atoms with E-state index in [2.05, 4.69) is 5.32 Å². The Balaban J connectivity index is 1.77. The number of aliphatic hydroxyl groups is 1. The summed E-state index contributed by atoms with van der Waals surface area (Å²) in [6.07, 6.45) is -0.688. The number of nitrogens with zero attached hydrogens (tertiary/aromatic N) is 1. The number of hydrogen-bond donors (Lipinski definition) is 2. The predicted octanol–water partition coefficient (Wildman–Crippen LogP) is 1.87. The molecule has 1 aromatic carbocycles. The largest absolute Gasteiger partial charge is 0.448 e. The van der Waals surface area contributed by atoms with E-state index < -0.39 is 50.6 Å². The third-order valence-corrected chi connectivity index (χ3v) is 7.19. The monoisotopic (exact) mass is 438 g/mol. The maximum atomic E-state index is 13.1. The summed E-state index contributed by atoms with van der Waals surface area (Å²) in [5.41, 5.74) is -2.67. The molecule has 2 N–H and O–H groups in total. The number of fused-ring (bicyclic) bond motifs is 2. The number of benzene rings is 1. The van der Waals surface area contributed by atoms with Crippen molar-refractivity contribution in [3.63, 3.8) is 0 Å². The SMILES string of the molecule is CC1(C)[C@@]2(C)CC[C@]1(C(=O)N[C@H](C(=O)Cl)[C@H](O)Cc1ccc([N+](=O)[O-])cc1)OC2=O. The number of carbonyl (C=O) groups excluding carboxylic acids is 3. The number of halogens is 1. The fraction of sp³-hybridized carbons (Fsp3) is 0.550. The highest BCUT2D eigenvalue weighted by atomic mass is 35.5. The van der Waals surface area contributed by atoms with Gasteiger partial charge in [-0.25, -0.2) is 0 Å². The van der Waals surface area contributed by atoms with Crippen LogP contribution in [0.2, 0.25) is 0 Å². The molecular weight excluding hydrogens is 416 g/mol. The smallest absolute Gasteiger partial charge is 0.313 e. The summed E-state index contributed by atoms with van der Waals surface area (Å²) in [7, 11) is 0. The van der Waals surface area contributed by atoms with Crippen molar-refractivity contribution in [3.8, 4) is 0 Å². The number of esters is 1. The molecule has 9 nitrogen and oxygen atoms in total. The first kappa shape index (κ1) is 22.2. The number of nitro benzene ring substituents is 1. The lowest BCUT2D eigenvalue weighted by atomic mass is 9.66. The Kier molecular flexibility index (Phi) is 5.41. The molecule has 1 heterocycles. The topological polar surface area (TPSA) is 136 Å². The maximum absolute atomic E-state index is 13.1. The molecule has 4 atom stereocenters. The summed E-state index contributed by atoms with van der Waals surface area (Å²) >= 11 is 5.64. The van der Waals surface area contributed by atoms with Gasteiger partial charge < -0.3 is 15.2 Å². The Hall–Kier alpha value is -2.52. The number of nitro groups is 1. The Labute approximate surface area is 177 Å². The first-order valence-electron chi connectivity index (χ1n) is 9.51. The first-order chi connectivity index (χ1) is 13.9. The van der Waals surface area contributed by atoms with E-state index in [0.29, 0.717) is 18.4 Å². The molecule has 0 unspecified atom stereocenters. The number of ether oxygens (including phenoxy) is 1. The van der Waals surface area contributed by atoms with Gasteiger partial charge in [0, 0.05) is 24.0 Å². The molecule has 0 spiro atoms. The van der Waals surface area contributed by atoms with Crippen LogP contribution < -0.4 is 5.32 Å². The van der Waals surface area contributed by atoms with Gasteiger partial charge in [-0.2, -0.15) is 0 Å². The molecule has 0 aromatic heterocycles. The molecule has 2 aliphatic rings. The molecule has 3 rings (SSSR count). The molecular formula is C20H23ClN2O7. The minimum atomic E-state index is -1.45. The van der Waals surface area contributed by atoms with Crippen LogP contribution in [0.5, 0.6) is 0 Å². The van der Waals surface area contributed by atoms with Crippen molar-refractivity contribution >= 4 is 34.4 Å². The van der Waals surface area contributed by atoms with Gasteiger partial charge in [-0.3, -0.25) is 24.5 Å². The number of amides is 1. The summed E-state index contributed by atoms with van der Waals surface area (Å²) in [5, 5.41) is 22.8. The highest BCUT2D eigenvalue weighted by Crippen LogP contribution is 2.65. The lowest BCUT2D eigenvalue weighted by molar-refractivity contribution is -0.384. The van der Waals surface area contributed by atoms with E-state index in [9.17, 15) is 29.6 Å². The summed E-state index contributed by atoms with van der Waals surface area (Å²) in [6, 6.07) is 4.00. The van der Waals surface area contributed by atoms with Gasteiger partial charge in [0.05, 0.1) is 16.4 Å². The van der Waals surface area contributed by atoms with Gasteiger partial charge in [0.2, 0.25) is 5.24 Å². The van der Waals surface area contributed by atoms with Crippen LogP contribution in [0, 0.1) is 20.9 Å². The van der Waals surface area contributed by atoms with Crippen LogP contribution >= 0.6 is 11.6 Å². The third-order valence-electron chi connectivity index (χ3n) is 6.96. The van der Waals surface area contributed by atoms with Crippen molar-refractivity contribution in [1.82, 2.24) is 5.32 Å². The lowest BCUT2D eigenvalue weighted by Gasteiger charge is -2.36. The zero-order valence-electron chi connectivity index (χ0n) is 16.8. The number of nitrogens with one attached hydrogen (secondary N) is 1. The Morgan fingerprint density at radius 1 is 1.27 bits per heavy atom. The van der Waals surface area contributed by atoms with Gasteiger partial charge >= 0.3 is 5.97 Å². The highest BCUT2D eigenvalue weighted by molar-refractivity contribution is 6.65. The van der Waals surface area contributed by atoms with E-state index in [-0.39, 0.29) is 12.1 Å². The number of rotatable bonds is 7. The van der Waals surface area contributed by atoms with Gasteiger partial charge in [-0.1, -0.05) is 26.0 Å². The second-order valence-corrected chi connectivity index (χ2v) is 9.00. The second kappa shape index (κ2) is 7.31. The van der Waals surface area contributed by atoms with Gasteiger partial charge in [-0.15, -0.1) is 0 Å². The van der Waals surface area contributed by atoms with E-state index in [0.717, 1.165) is 0 Å². The fourth-order valence-electron chi connectivity index (χ4n) is 4.42. The summed E-state index contributed by atoms with van der Waals surface area (Å²) < 4.78 is 5.49. The molecule has 1 amide bonds. The van der Waals surface area contributed by atoms with Gasteiger partial charge in [0.1, 0.15) is 6.04 Å². The Morgan fingerprint density at radius 2 is 1.87 bits per heavy atom. The number of carbonyl (C=O) groups is 3. The molecule has 30 heavy (non-hydrogen) atoms. The van der Waals surface area contributed by atoms with Crippen molar-refractivity contribution in [2.24, 2.45) is 10.8 Å². The van der Waals surface area contributed by atoms with Crippen LogP contribution in [0.3, 0.4) is 0 Å². The van der Waals surface area contributed by atoms with Crippen molar-refractivity contribution in [2.75, 3.05) is 0 Å². The number of hydrogen-bond acceptors (Lipinski definition) is 7. The van der Waals surface area contributed by atoms with Gasteiger partial charge in [0.15, 0.2) is 5.60 Å². The van der Waals surface area contributed by atoms with Gasteiger partial charge in [-0.05, 0) is 36.9 Å². The van der Waals surface area contributed by atoms with Crippen LogP contribution in [0.25, 0.3) is 0 Å². The maximum Gasteiger partial charge on any atom is 0.313 e. The average Bonchev–Trinajstić information content (AvgIpc) is 2.96. The first-order valence-corrected chi connectivity index (χ1v) is 9.89. The Bertz CT molecular complexity index is 916. The van der Waals surface area contributed by atoms with Crippen molar-refractivity contribution in [1.29, 1.82) is 0 Å². The summed E-state index contributed by atoms with van der Waals surface area (Å²) in [5.74, 6) is -1.14. The number of aliphatic hydroxyl groups excluding tert-OH is 1. The zero-order chi connectivity index (χ0) is 22.5. The number of non-ortho nitro benzene ring substituents is 1. The quantitative estimate of drug-likeness (QED) is 0.287. The van der Waals surface area contributed by atoms with Crippen molar-refractivity contribution < 1.29 is 29.2 Å². The molecule has 0 radical (unpaired) electrons. The molecule has 1 saturated carbocycles.